The van der Waals surface area contributed by atoms with E-state index in [0.29, 0.717) is 0 Å². The zero-order valence-electron chi connectivity index (χ0n) is 9.77. The van der Waals surface area contributed by atoms with E-state index in [9.17, 15) is 0 Å². The quantitative estimate of drug-likeness (QED) is 0.751. The van der Waals surface area contributed by atoms with E-state index >= 15 is 0 Å². The van der Waals surface area contributed by atoms with Crippen LogP contribution in [0.2, 0.25) is 0 Å². The molecular weight excluding hydrogens is 204 g/mol. The van der Waals surface area contributed by atoms with Crippen LogP contribution in [0.5, 0.6) is 0 Å². The van der Waals surface area contributed by atoms with Crippen LogP contribution >= 0.6 is 12.6 Å². The van der Waals surface area contributed by atoms with Crippen molar-refractivity contribution in [3.8, 4) is 0 Å². The van der Waals surface area contributed by atoms with Gasteiger partial charge in [0.15, 0.2) is 0 Å². The highest BCUT2D eigenvalue weighted by molar-refractivity contribution is 7.80. The van der Waals surface area contributed by atoms with Crippen molar-refractivity contribution < 1.29 is 5.73 Å². The molecule has 0 aliphatic carbocycles. The molecule has 0 aliphatic rings. The number of hydrogen-bond donors (Lipinski definition) is 2. The average molecular weight is 225 g/mol. The minimum Gasteiger partial charge on any atom is -0.378 e. The molecule has 0 radical (unpaired) electrons. The molecule has 1 rings (SSSR count). The molecule has 0 saturated carbocycles. The van der Waals surface area contributed by atoms with Gasteiger partial charge in [0.05, 0.1) is 7.05 Å². The summed E-state index contributed by atoms with van der Waals surface area (Å²) in [7, 11) is 5.83. The van der Waals surface area contributed by atoms with Crippen molar-refractivity contribution in [3.05, 3.63) is 35.9 Å². The number of anilines is 1. The third kappa shape index (κ3) is 5.50. The third-order valence-electron chi connectivity index (χ3n) is 1.83. The largest absolute Gasteiger partial charge is 0.378 e. The number of quaternary nitrogens is 1. The summed E-state index contributed by atoms with van der Waals surface area (Å²) >= 11 is 4.11. The van der Waals surface area contributed by atoms with Crippen molar-refractivity contribution >= 4 is 24.4 Å². The van der Waals surface area contributed by atoms with Crippen molar-refractivity contribution in [1.82, 2.24) is 0 Å². The van der Waals surface area contributed by atoms with Crippen LogP contribution in [0.15, 0.2) is 30.3 Å². The predicted molar refractivity (Wildman–Crippen MR) is 72.5 cm³/mol. The zero-order chi connectivity index (χ0) is 11.7. The van der Waals surface area contributed by atoms with Crippen molar-refractivity contribution in [2.75, 3.05) is 31.8 Å². The maximum atomic E-state index is 4.11. The maximum Gasteiger partial charge on any atom is 0.0634 e. The smallest absolute Gasteiger partial charge is 0.0634 e. The Bertz CT molecular complexity index is 278. The summed E-state index contributed by atoms with van der Waals surface area (Å²) in [6.07, 6.45) is 4.11. The first-order chi connectivity index (χ1) is 7.24. The van der Waals surface area contributed by atoms with E-state index in [2.05, 4.69) is 53.6 Å². The Balaban J connectivity index is 0.000000921. The van der Waals surface area contributed by atoms with Crippen molar-refractivity contribution in [3.63, 3.8) is 0 Å². The summed E-state index contributed by atoms with van der Waals surface area (Å²) < 4.78 is 0. The van der Waals surface area contributed by atoms with Gasteiger partial charge < -0.3 is 10.6 Å². The van der Waals surface area contributed by atoms with Gasteiger partial charge in [-0.05, 0) is 17.7 Å². The predicted octanol–water partition coefficient (Wildman–Crippen LogP) is 1.55. The summed E-state index contributed by atoms with van der Waals surface area (Å²) in [5.41, 5.74) is 5.70. The van der Waals surface area contributed by atoms with E-state index in [4.69, 9.17) is 0 Å². The fourth-order valence-electron chi connectivity index (χ4n) is 1.07. The van der Waals surface area contributed by atoms with Gasteiger partial charge in [-0.2, -0.15) is 12.6 Å². The van der Waals surface area contributed by atoms with Gasteiger partial charge in [0, 0.05) is 25.5 Å². The minimum atomic E-state index is 0.787. The van der Waals surface area contributed by atoms with Gasteiger partial charge in [0.1, 0.15) is 0 Å². The topological polar surface area (TPSA) is 30.9 Å². The Labute approximate surface area is 98.2 Å². The first-order valence-corrected chi connectivity index (χ1v) is 5.63. The molecule has 0 aliphatic heterocycles. The minimum absolute atomic E-state index is 0.787. The van der Waals surface area contributed by atoms with E-state index in [1.54, 1.807) is 7.05 Å². The molecule has 0 amide bonds. The van der Waals surface area contributed by atoms with Crippen LogP contribution in [0.25, 0.3) is 6.08 Å². The molecule has 0 saturated heterocycles. The van der Waals surface area contributed by atoms with Gasteiger partial charge >= 0.3 is 0 Å². The number of hydrogen-bond acceptors (Lipinski definition) is 2. The fourth-order valence-corrected chi connectivity index (χ4v) is 1.18. The fraction of sp³-hybridized carbons (Fsp3) is 0.333. The van der Waals surface area contributed by atoms with Crippen molar-refractivity contribution in [2.45, 2.75) is 0 Å². The second-order valence-electron chi connectivity index (χ2n) is 3.07. The van der Waals surface area contributed by atoms with Crippen LogP contribution in [-0.2, 0) is 0 Å². The molecule has 0 aromatic heterocycles. The Morgan fingerprint density at radius 2 is 1.73 bits per heavy atom. The summed E-state index contributed by atoms with van der Waals surface area (Å²) in [6.45, 7) is 0. The second-order valence-corrected chi connectivity index (χ2v) is 3.44. The third-order valence-corrected chi connectivity index (χ3v) is 2.04. The van der Waals surface area contributed by atoms with Gasteiger partial charge in [-0.15, -0.1) is 0 Å². The lowest BCUT2D eigenvalue weighted by molar-refractivity contribution is -0.325. The van der Waals surface area contributed by atoms with Gasteiger partial charge in [0.2, 0.25) is 0 Å². The Morgan fingerprint density at radius 3 is 2.13 bits per heavy atom. The van der Waals surface area contributed by atoms with Crippen molar-refractivity contribution in [2.24, 2.45) is 0 Å². The monoisotopic (exact) mass is 225 g/mol. The molecule has 1 aromatic carbocycles. The van der Waals surface area contributed by atoms with E-state index in [-0.39, 0.29) is 0 Å². The number of nitrogens with zero attached hydrogens (tertiary/aromatic N) is 1. The maximum absolute atomic E-state index is 4.11. The van der Waals surface area contributed by atoms with Crippen LogP contribution in [0.3, 0.4) is 0 Å². The standard InChI is InChI=1S/C11H15NS.CH5N/c1-12(2)11-7-5-10(6-8-11)4-3-9-13;1-2/h3-8,13H,9H2,1-2H3;2H2,1H3/p+1/b4-3+;. The molecule has 15 heavy (non-hydrogen) atoms. The molecule has 2 nitrogen and oxygen atoms in total. The lowest BCUT2D eigenvalue weighted by atomic mass is 10.2. The molecule has 0 bridgehead atoms. The van der Waals surface area contributed by atoms with Gasteiger partial charge in [0.25, 0.3) is 0 Å². The van der Waals surface area contributed by atoms with Gasteiger partial charge in [-0.25, -0.2) is 0 Å². The lowest BCUT2D eigenvalue weighted by Crippen LogP contribution is -2.40. The number of rotatable bonds is 3. The summed E-state index contributed by atoms with van der Waals surface area (Å²) in [4.78, 5) is 2.09. The van der Waals surface area contributed by atoms with E-state index in [1.807, 2.05) is 20.2 Å². The van der Waals surface area contributed by atoms with E-state index in [1.165, 1.54) is 11.3 Å². The highest BCUT2D eigenvalue weighted by atomic mass is 32.1. The Kier molecular flexibility index (Phi) is 7.86. The normalized spacial score (nSPS) is 9.67. The first-order valence-electron chi connectivity index (χ1n) is 4.99. The highest BCUT2D eigenvalue weighted by Gasteiger charge is 1.92. The zero-order valence-corrected chi connectivity index (χ0v) is 10.7. The Morgan fingerprint density at radius 1 is 1.20 bits per heavy atom. The van der Waals surface area contributed by atoms with E-state index < -0.39 is 0 Å². The van der Waals surface area contributed by atoms with Crippen LogP contribution in [0, 0.1) is 0 Å². The SMILES string of the molecule is CN(C)c1ccc(/C=C/CS)cc1.C[NH3+]. The molecule has 3 heteroatoms. The van der Waals surface area contributed by atoms with Gasteiger partial charge in [-0.1, -0.05) is 24.3 Å². The highest BCUT2D eigenvalue weighted by Crippen LogP contribution is 2.12. The van der Waals surface area contributed by atoms with Crippen LogP contribution in [0.4, 0.5) is 5.69 Å². The summed E-state index contributed by atoms with van der Waals surface area (Å²) in [5, 5.41) is 0. The van der Waals surface area contributed by atoms with Crippen LogP contribution < -0.4 is 10.6 Å². The van der Waals surface area contributed by atoms with Crippen molar-refractivity contribution in [1.29, 1.82) is 0 Å². The second kappa shape index (κ2) is 8.38. The van der Waals surface area contributed by atoms with Crippen LogP contribution in [0.1, 0.15) is 5.56 Å². The molecule has 1 aromatic rings. The molecule has 0 atom stereocenters. The first kappa shape index (κ1) is 14.1. The molecule has 0 fully saturated rings. The Hall–Kier alpha value is -0.930. The lowest BCUT2D eigenvalue weighted by Gasteiger charge is -2.11. The summed E-state index contributed by atoms with van der Waals surface area (Å²) in [5.74, 6) is 0.787. The van der Waals surface area contributed by atoms with Gasteiger partial charge in [-0.3, -0.25) is 0 Å². The average Bonchev–Trinajstić information content (AvgIpc) is 2.29. The molecular formula is C12H21N2S+. The molecule has 3 N–H and O–H groups in total. The summed E-state index contributed by atoms with van der Waals surface area (Å²) in [6, 6.07) is 8.43. The molecule has 0 heterocycles. The number of benzene rings is 1. The molecule has 0 spiro atoms. The molecule has 84 valence electrons. The number of thiol groups is 1. The van der Waals surface area contributed by atoms with E-state index in [0.717, 1.165) is 5.75 Å². The van der Waals surface area contributed by atoms with Crippen LogP contribution in [-0.4, -0.2) is 26.9 Å². The molecule has 0 unspecified atom stereocenters.